The lowest BCUT2D eigenvalue weighted by molar-refractivity contribution is 0.421. The number of aryl methyl sites for hydroxylation is 1. The van der Waals surface area contributed by atoms with Gasteiger partial charge < -0.3 is 9.88 Å². The van der Waals surface area contributed by atoms with Crippen molar-refractivity contribution in [3.63, 3.8) is 0 Å². The van der Waals surface area contributed by atoms with Gasteiger partial charge in [0.25, 0.3) is 0 Å². The Kier molecular flexibility index (Phi) is 4.23. The van der Waals surface area contributed by atoms with Crippen molar-refractivity contribution in [2.24, 2.45) is 0 Å². The first-order valence-electron chi connectivity index (χ1n) is 7.03. The standard InChI is InChI=1S/C16H24N4/c1-12-13(2)20(11-17-12)10-15-8-6-7-14(19-15)9-18-16(3,4)5/h6-8,11,18H,9-10H2,1-5H3. The van der Waals surface area contributed by atoms with Crippen LogP contribution in [0.1, 0.15) is 43.5 Å². The van der Waals surface area contributed by atoms with Crippen molar-refractivity contribution in [3.05, 3.63) is 47.3 Å². The molecular formula is C16H24N4. The topological polar surface area (TPSA) is 42.7 Å². The highest BCUT2D eigenvalue weighted by molar-refractivity contribution is 5.15. The van der Waals surface area contributed by atoms with E-state index in [9.17, 15) is 0 Å². The highest BCUT2D eigenvalue weighted by atomic mass is 15.1. The van der Waals surface area contributed by atoms with Gasteiger partial charge in [0, 0.05) is 17.8 Å². The fraction of sp³-hybridized carbons (Fsp3) is 0.500. The van der Waals surface area contributed by atoms with E-state index in [1.807, 2.05) is 13.3 Å². The Morgan fingerprint density at radius 1 is 1.15 bits per heavy atom. The van der Waals surface area contributed by atoms with Crippen molar-refractivity contribution in [3.8, 4) is 0 Å². The summed E-state index contributed by atoms with van der Waals surface area (Å²) in [4.78, 5) is 9.04. The predicted octanol–water partition coefficient (Wildman–Crippen LogP) is 2.83. The Bertz CT molecular complexity index is 578. The minimum atomic E-state index is 0.107. The van der Waals surface area contributed by atoms with Crippen LogP contribution in [0.3, 0.4) is 0 Å². The van der Waals surface area contributed by atoms with Crippen molar-refractivity contribution in [1.82, 2.24) is 19.9 Å². The molecule has 2 rings (SSSR count). The monoisotopic (exact) mass is 272 g/mol. The van der Waals surface area contributed by atoms with E-state index in [0.717, 1.165) is 30.2 Å². The molecule has 2 heterocycles. The molecule has 20 heavy (non-hydrogen) atoms. The lowest BCUT2D eigenvalue weighted by Crippen LogP contribution is -2.35. The van der Waals surface area contributed by atoms with Crippen LogP contribution in [-0.4, -0.2) is 20.1 Å². The summed E-state index contributed by atoms with van der Waals surface area (Å²) in [6.45, 7) is 12.2. The molecule has 0 aliphatic rings. The maximum atomic E-state index is 4.71. The number of pyridine rings is 1. The van der Waals surface area contributed by atoms with Gasteiger partial charge in [-0.05, 0) is 46.8 Å². The zero-order valence-electron chi connectivity index (χ0n) is 13.1. The molecule has 0 fully saturated rings. The van der Waals surface area contributed by atoms with Gasteiger partial charge in [0.2, 0.25) is 0 Å². The maximum absolute atomic E-state index is 4.71. The smallest absolute Gasteiger partial charge is 0.0955 e. The van der Waals surface area contributed by atoms with Crippen LogP contribution in [-0.2, 0) is 13.1 Å². The van der Waals surface area contributed by atoms with Gasteiger partial charge in [-0.2, -0.15) is 0 Å². The first-order chi connectivity index (χ1) is 9.35. The minimum absolute atomic E-state index is 0.107. The Labute approximate surface area is 121 Å². The molecule has 4 nitrogen and oxygen atoms in total. The van der Waals surface area contributed by atoms with Crippen molar-refractivity contribution in [2.45, 2.75) is 53.2 Å². The van der Waals surface area contributed by atoms with Crippen LogP contribution in [0.25, 0.3) is 0 Å². The summed E-state index contributed by atoms with van der Waals surface area (Å²) in [5.74, 6) is 0. The fourth-order valence-electron chi connectivity index (χ4n) is 1.95. The van der Waals surface area contributed by atoms with Crippen LogP contribution in [0.4, 0.5) is 0 Å². The van der Waals surface area contributed by atoms with E-state index in [-0.39, 0.29) is 5.54 Å². The summed E-state index contributed by atoms with van der Waals surface area (Å²) in [7, 11) is 0. The van der Waals surface area contributed by atoms with Crippen LogP contribution in [0.15, 0.2) is 24.5 Å². The molecule has 0 aliphatic heterocycles. The van der Waals surface area contributed by atoms with Crippen molar-refractivity contribution >= 4 is 0 Å². The quantitative estimate of drug-likeness (QED) is 0.930. The highest BCUT2D eigenvalue weighted by Gasteiger charge is 2.09. The number of imidazole rings is 1. The minimum Gasteiger partial charge on any atom is -0.329 e. The Morgan fingerprint density at radius 2 is 1.85 bits per heavy atom. The van der Waals surface area contributed by atoms with Gasteiger partial charge in [-0.25, -0.2) is 4.98 Å². The SMILES string of the molecule is Cc1ncn(Cc2cccc(CNC(C)(C)C)n2)c1C. The average molecular weight is 272 g/mol. The third kappa shape index (κ3) is 3.90. The number of hydrogen-bond donors (Lipinski definition) is 1. The summed E-state index contributed by atoms with van der Waals surface area (Å²) in [5.41, 5.74) is 4.53. The highest BCUT2D eigenvalue weighted by Crippen LogP contribution is 2.09. The molecule has 0 atom stereocenters. The summed E-state index contributed by atoms with van der Waals surface area (Å²) in [6.07, 6.45) is 1.88. The molecule has 0 bridgehead atoms. The van der Waals surface area contributed by atoms with Crippen LogP contribution < -0.4 is 5.32 Å². The molecule has 1 N–H and O–H groups in total. The molecule has 0 saturated carbocycles. The largest absolute Gasteiger partial charge is 0.329 e. The normalized spacial score (nSPS) is 11.8. The molecule has 0 aromatic carbocycles. The number of hydrogen-bond acceptors (Lipinski definition) is 3. The first-order valence-corrected chi connectivity index (χ1v) is 7.03. The van der Waals surface area contributed by atoms with Gasteiger partial charge in [-0.3, -0.25) is 4.98 Å². The van der Waals surface area contributed by atoms with Gasteiger partial charge in [0.15, 0.2) is 0 Å². The van der Waals surface area contributed by atoms with E-state index >= 15 is 0 Å². The fourth-order valence-corrected chi connectivity index (χ4v) is 1.95. The summed E-state index contributed by atoms with van der Waals surface area (Å²) in [6, 6.07) is 6.20. The lowest BCUT2D eigenvalue weighted by atomic mass is 10.1. The van der Waals surface area contributed by atoms with Crippen molar-refractivity contribution in [2.75, 3.05) is 0 Å². The van der Waals surface area contributed by atoms with E-state index in [2.05, 4.69) is 60.8 Å². The summed E-state index contributed by atoms with van der Waals surface area (Å²) in [5, 5.41) is 3.46. The van der Waals surface area contributed by atoms with Crippen LogP contribution in [0.5, 0.6) is 0 Å². The summed E-state index contributed by atoms with van der Waals surface area (Å²) >= 11 is 0. The molecule has 2 aromatic heterocycles. The number of aromatic nitrogens is 3. The third-order valence-corrected chi connectivity index (χ3v) is 3.34. The number of nitrogens with one attached hydrogen (secondary N) is 1. The molecule has 0 amide bonds. The van der Waals surface area contributed by atoms with Gasteiger partial charge in [-0.15, -0.1) is 0 Å². The molecule has 108 valence electrons. The molecule has 0 saturated heterocycles. The molecule has 2 aromatic rings. The van der Waals surface area contributed by atoms with E-state index in [4.69, 9.17) is 4.98 Å². The van der Waals surface area contributed by atoms with Crippen molar-refractivity contribution in [1.29, 1.82) is 0 Å². The van der Waals surface area contributed by atoms with E-state index in [1.165, 1.54) is 5.69 Å². The van der Waals surface area contributed by atoms with Gasteiger partial charge in [-0.1, -0.05) is 6.07 Å². The van der Waals surface area contributed by atoms with Gasteiger partial charge in [0.1, 0.15) is 0 Å². The zero-order valence-corrected chi connectivity index (χ0v) is 13.1. The van der Waals surface area contributed by atoms with Crippen LogP contribution in [0, 0.1) is 13.8 Å². The second-order valence-corrected chi connectivity index (χ2v) is 6.27. The Balaban J connectivity index is 2.08. The Hall–Kier alpha value is -1.68. The van der Waals surface area contributed by atoms with E-state index in [0.29, 0.717) is 0 Å². The Morgan fingerprint density at radius 3 is 2.45 bits per heavy atom. The van der Waals surface area contributed by atoms with Gasteiger partial charge >= 0.3 is 0 Å². The lowest BCUT2D eigenvalue weighted by Gasteiger charge is -2.20. The average Bonchev–Trinajstić information content (AvgIpc) is 2.68. The summed E-state index contributed by atoms with van der Waals surface area (Å²) < 4.78 is 2.14. The molecule has 4 heteroatoms. The third-order valence-electron chi connectivity index (χ3n) is 3.34. The zero-order chi connectivity index (χ0) is 14.8. The van der Waals surface area contributed by atoms with E-state index in [1.54, 1.807) is 0 Å². The molecule has 0 radical (unpaired) electrons. The first kappa shape index (κ1) is 14.7. The van der Waals surface area contributed by atoms with Crippen molar-refractivity contribution < 1.29 is 0 Å². The molecule has 0 aliphatic carbocycles. The van der Waals surface area contributed by atoms with Crippen LogP contribution >= 0.6 is 0 Å². The van der Waals surface area contributed by atoms with Gasteiger partial charge in [0.05, 0.1) is 30.0 Å². The molecule has 0 spiro atoms. The maximum Gasteiger partial charge on any atom is 0.0955 e. The van der Waals surface area contributed by atoms with Crippen LogP contribution in [0.2, 0.25) is 0 Å². The molecular weight excluding hydrogens is 248 g/mol. The number of nitrogens with zero attached hydrogens (tertiary/aromatic N) is 3. The molecule has 0 unspecified atom stereocenters. The van der Waals surface area contributed by atoms with E-state index < -0.39 is 0 Å². The second kappa shape index (κ2) is 5.75. The number of rotatable bonds is 4. The second-order valence-electron chi connectivity index (χ2n) is 6.27. The predicted molar refractivity (Wildman–Crippen MR) is 81.6 cm³/mol.